The minimum absolute atomic E-state index is 0.0994. The Morgan fingerprint density at radius 2 is 2.05 bits per heavy atom. The van der Waals surface area contributed by atoms with Gasteiger partial charge in [-0.15, -0.1) is 0 Å². The summed E-state index contributed by atoms with van der Waals surface area (Å²) in [5.41, 5.74) is 0. The van der Waals surface area contributed by atoms with E-state index in [2.05, 4.69) is 0 Å². The third-order valence-electron chi connectivity index (χ3n) is 4.21. The maximum absolute atomic E-state index is 12.5. The number of nitrogens with zero attached hydrogens (tertiary/aromatic N) is 1. The molecule has 2 fully saturated rings. The van der Waals surface area contributed by atoms with Gasteiger partial charge >= 0.3 is 5.97 Å². The third kappa shape index (κ3) is 4.41. The van der Waals surface area contributed by atoms with Gasteiger partial charge in [0.15, 0.2) is 6.10 Å². The summed E-state index contributed by atoms with van der Waals surface area (Å²) in [6.07, 6.45) is 5.01. The van der Waals surface area contributed by atoms with E-state index < -0.39 is 18.2 Å². The number of carboxylic acids is 1. The normalized spacial score (nSPS) is 25.6. The predicted molar refractivity (Wildman–Crippen MR) is 76.0 cm³/mol. The summed E-state index contributed by atoms with van der Waals surface area (Å²) in [6, 6.07) is 0. The van der Waals surface area contributed by atoms with E-state index in [1.807, 2.05) is 6.92 Å². The Balaban J connectivity index is 1.90. The molecule has 1 saturated carbocycles. The van der Waals surface area contributed by atoms with Gasteiger partial charge in [-0.05, 0) is 19.3 Å². The molecule has 1 amide bonds. The number of hydrogen-bond donors (Lipinski definition) is 1. The molecule has 1 N–H and O–H groups in total. The van der Waals surface area contributed by atoms with Crippen LogP contribution in [0.4, 0.5) is 0 Å². The molecule has 21 heavy (non-hydrogen) atoms. The second-order valence-corrected chi connectivity index (χ2v) is 5.77. The average Bonchev–Trinajstić information content (AvgIpc) is 2.53. The van der Waals surface area contributed by atoms with Crippen molar-refractivity contribution in [3.05, 3.63) is 0 Å². The van der Waals surface area contributed by atoms with Gasteiger partial charge in [0.25, 0.3) is 5.91 Å². The van der Waals surface area contributed by atoms with Crippen LogP contribution in [0.3, 0.4) is 0 Å². The fourth-order valence-electron chi connectivity index (χ4n) is 2.97. The number of carboxylic acid groups (broad SMARTS) is 1. The topological polar surface area (TPSA) is 76.1 Å². The number of morpholine rings is 1. The van der Waals surface area contributed by atoms with Crippen LogP contribution in [-0.2, 0) is 19.1 Å². The van der Waals surface area contributed by atoms with Gasteiger partial charge < -0.3 is 19.5 Å². The number of carbonyl (C=O) groups excluding carboxylic acids is 1. The maximum atomic E-state index is 12.5. The number of ether oxygens (including phenoxy) is 2. The molecule has 2 atom stereocenters. The molecule has 1 heterocycles. The summed E-state index contributed by atoms with van der Waals surface area (Å²) in [7, 11) is 0. The molecule has 1 aliphatic heterocycles. The zero-order chi connectivity index (χ0) is 15.2. The minimum atomic E-state index is -1.02. The zero-order valence-electron chi connectivity index (χ0n) is 12.6. The Morgan fingerprint density at radius 1 is 1.33 bits per heavy atom. The second kappa shape index (κ2) is 7.75. The first-order valence-electron chi connectivity index (χ1n) is 7.90. The van der Waals surface area contributed by atoms with Crippen LogP contribution in [0.2, 0.25) is 0 Å². The molecule has 0 spiro atoms. The molecule has 0 bridgehead atoms. The fourth-order valence-corrected chi connectivity index (χ4v) is 2.97. The van der Waals surface area contributed by atoms with Crippen molar-refractivity contribution in [3.8, 4) is 0 Å². The number of aliphatic carboxylic acids is 1. The fraction of sp³-hybridized carbons (Fsp3) is 0.867. The largest absolute Gasteiger partial charge is 0.479 e. The van der Waals surface area contributed by atoms with Crippen LogP contribution in [-0.4, -0.2) is 59.9 Å². The highest BCUT2D eigenvalue weighted by Crippen LogP contribution is 2.23. The number of rotatable bonds is 5. The van der Waals surface area contributed by atoms with Gasteiger partial charge in [-0.1, -0.05) is 26.2 Å². The van der Waals surface area contributed by atoms with E-state index in [-0.39, 0.29) is 25.2 Å². The van der Waals surface area contributed by atoms with Crippen LogP contribution in [0.15, 0.2) is 0 Å². The Labute approximate surface area is 125 Å². The molecule has 6 nitrogen and oxygen atoms in total. The van der Waals surface area contributed by atoms with E-state index in [9.17, 15) is 9.59 Å². The van der Waals surface area contributed by atoms with E-state index in [0.29, 0.717) is 13.0 Å². The summed E-state index contributed by atoms with van der Waals surface area (Å²) in [6.45, 7) is 2.74. The molecule has 0 aromatic carbocycles. The third-order valence-corrected chi connectivity index (χ3v) is 4.21. The van der Waals surface area contributed by atoms with Crippen molar-refractivity contribution in [2.75, 3.05) is 19.7 Å². The van der Waals surface area contributed by atoms with E-state index >= 15 is 0 Å². The van der Waals surface area contributed by atoms with Crippen molar-refractivity contribution in [3.63, 3.8) is 0 Å². The second-order valence-electron chi connectivity index (χ2n) is 5.77. The average molecular weight is 299 g/mol. The lowest BCUT2D eigenvalue weighted by Gasteiger charge is -2.34. The molecule has 0 radical (unpaired) electrons. The van der Waals surface area contributed by atoms with Crippen LogP contribution in [0.1, 0.15) is 45.4 Å². The quantitative estimate of drug-likeness (QED) is 0.831. The highest BCUT2D eigenvalue weighted by Gasteiger charge is 2.33. The Morgan fingerprint density at radius 3 is 2.67 bits per heavy atom. The number of amides is 1. The van der Waals surface area contributed by atoms with Crippen LogP contribution >= 0.6 is 0 Å². The van der Waals surface area contributed by atoms with Gasteiger partial charge in [0, 0.05) is 6.54 Å². The molecule has 6 heteroatoms. The Bertz CT molecular complexity index is 367. The highest BCUT2D eigenvalue weighted by atomic mass is 16.5. The van der Waals surface area contributed by atoms with Crippen molar-refractivity contribution >= 4 is 11.9 Å². The van der Waals surface area contributed by atoms with Gasteiger partial charge in [-0.25, -0.2) is 4.79 Å². The first kappa shape index (κ1) is 16.2. The lowest BCUT2D eigenvalue weighted by atomic mass is 9.97. The van der Waals surface area contributed by atoms with Crippen LogP contribution in [0, 0.1) is 0 Å². The van der Waals surface area contributed by atoms with Crippen LogP contribution < -0.4 is 0 Å². The first-order chi connectivity index (χ1) is 10.1. The van der Waals surface area contributed by atoms with Crippen LogP contribution in [0.25, 0.3) is 0 Å². The lowest BCUT2D eigenvalue weighted by Crippen LogP contribution is -2.52. The smallest absolute Gasteiger partial charge is 0.334 e. The molecule has 2 aliphatic rings. The molecule has 120 valence electrons. The summed E-state index contributed by atoms with van der Waals surface area (Å²) in [4.78, 5) is 25.1. The summed E-state index contributed by atoms with van der Waals surface area (Å²) in [5, 5.41) is 9.00. The molecule has 2 rings (SSSR count). The molecule has 1 saturated heterocycles. The monoisotopic (exact) mass is 299 g/mol. The van der Waals surface area contributed by atoms with Gasteiger partial charge in [0.05, 0.1) is 19.3 Å². The van der Waals surface area contributed by atoms with Crippen molar-refractivity contribution in [2.24, 2.45) is 0 Å². The molecule has 1 aliphatic carbocycles. The summed E-state index contributed by atoms with van der Waals surface area (Å²) >= 11 is 0. The Hall–Kier alpha value is -1.14. The van der Waals surface area contributed by atoms with Crippen molar-refractivity contribution in [2.45, 2.75) is 63.8 Å². The summed E-state index contributed by atoms with van der Waals surface area (Å²) in [5.74, 6) is -1.12. The minimum Gasteiger partial charge on any atom is -0.479 e. The van der Waals surface area contributed by atoms with E-state index in [4.69, 9.17) is 14.6 Å². The van der Waals surface area contributed by atoms with E-state index in [1.54, 1.807) is 4.90 Å². The van der Waals surface area contributed by atoms with Gasteiger partial charge in [-0.3, -0.25) is 4.79 Å². The zero-order valence-corrected chi connectivity index (χ0v) is 12.6. The van der Waals surface area contributed by atoms with E-state index in [0.717, 1.165) is 25.7 Å². The molecule has 0 aromatic rings. The highest BCUT2D eigenvalue weighted by molar-refractivity contribution is 5.82. The summed E-state index contributed by atoms with van der Waals surface area (Å²) < 4.78 is 11.1. The van der Waals surface area contributed by atoms with Crippen molar-refractivity contribution in [1.29, 1.82) is 0 Å². The van der Waals surface area contributed by atoms with Crippen LogP contribution in [0.5, 0.6) is 0 Å². The van der Waals surface area contributed by atoms with Gasteiger partial charge in [0.2, 0.25) is 0 Å². The number of carbonyl (C=O) groups is 2. The van der Waals surface area contributed by atoms with E-state index in [1.165, 1.54) is 6.42 Å². The van der Waals surface area contributed by atoms with Crippen molar-refractivity contribution < 1.29 is 24.2 Å². The lowest BCUT2D eigenvalue weighted by molar-refractivity contribution is -0.165. The predicted octanol–water partition coefficient (Wildman–Crippen LogP) is 1.43. The maximum Gasteiger partial charge on any atom is 0.334 e. The van der Waals surface area contributed by atoms with Crippen molar-refractivity contribution in [1.82, 2.24) is 4.90 Å². The number of hydrogen-bond acceptors (Lipinski definition) is 4. The molecular weight excluding hydrogens is 274 g/mol. The Kier molecular flexibility index (Phi) is 5.99. The molecule has 0 unspecified atom stereocenters. The molecular formula is C15H25NO5. The SMILES string of the molecule is CC[C@@H](OC1CCCCC1)C(=O)N1CCO[C@H](C(=O)O)C1. The van der Waals surface area contributed by atoms with Gasteiger partial charge in [-0.2, -0.15) is 0 Å². The first-order valence-corrected chi connectivity index (χ1v) is 7.90. The molecule has 0 aromatic heterocycles. The standard InChI is InChI=1S/C15H25NO5/c1-2-12(21-11-6-4-3-5-7-11)14(17)16-8-9-20-13(10-16)15(18)19/h11-13H,2-10H2,1H3,(H,18,19)/t12-,13+/m1/s1. The van der Waals surface area contributed by atoms with Gasteiger partial charge in [0.1, 0.15) is 6.10 Å².